The van der Waals surface area contributed by atoms with E-state index in [9.17, 15) is 14.4 Å². The molecule has 0 spiro atoms. The summed E-state index contributed by atoms with van der Waals surface area (Å²) < 4.78 is 0. The molecule has 7 nitrogen and oxygen atoms in total. The molecule has 27 heavy (non-hydrogen) atoms. The molecule has 1 N–H and O–H groups in total. The van der Waals surface area contributed by atoms with Crippen LogP contribution in [0.1, 0.15) is 46.2 Å². The number of benzene rings is 1. The van der Waals surface area contributed by atoms with E-state index >= 15 is 0 Å². The molecule has 3 rings (SSSR count). The van der Waals surface area contributed by atoms with Crippen LogP contribution in [0.3, 0.4) is 0 Å². The summed E-state index contributed by atoms with van der Waals surface area (Å²) in [6, 6.07) is 10.5. The third-order valence-electron chi connectivity index (χ3n) is 4.77. The van der Waals surface area contributed by atoms with E-state index in [1.165, 1.54) is 17.7 Å². The Hall–Kier alpha value is -2.96. The van der Waals surface area contributed by atoms with Crippen LogP contribution >= 0.6 is 0 Å². The fraction of sp³-hybridized carbons (Fsp3) is 0.400. The number of H-pyrrole nitrogens is 1. The first-order chi connectivity index (χ1) is 13.1. The summed E-state index contributed by atoms with van der Waals surface area (Å²) in [6.45, 7) is 4.01. The topological polar surface area (TPSA) is 86.4 Å². The molecule has 0 bridgehead atoms. The second-order valence-electron chi connectivity index (χ2n) is 6.69. The molecule has 0 atom stereocenters. The van der Waals surface area contributed by atoms with Crippen molar-refractivity contribution in [2.24, 2.45) is 0 Å². The van der Waals surface area contributed by atoms with Crippen LogP contribution in [0.4, 0.5) is 0 Å². The lowest BCUT2D eigenvalue weighted by molar-refractivity contribution is 0.0531. The minimum absolute atomic E-state index is 0.00805. The molecule has 2 heterocycles. The quantitative estimate of drug-likeness (QED) is 0.870. The standard InChI is InChI=1S/C20H24N4O3/c1-2-3-4-15-5-7-16(8-6-15)19(26)23-11-13-24(14-12-23)20(27)17-9-10-18(25)22-21-17/h5-10H,2-4,11-14H2,1H3,(H,22,25). The number of unbranched alkanes of at least 4 members (excludes halogenated alkanes) is 1. The highest BCUT2D eigenvalue weighted by molar-refractivity contribution is 5.95. The minimum Gasteiger partial charge on any atom is -0.335 e. The molecule has 2 amide bonds. The zero-order valence-electron chi connectivity index (χ0n) is 15.5. The van der Waals surface area contributed by atoms with Crippen LogP contribution in [0.25, 0.3) is 0 Å². The molecule has 0 radical (unpaired) electrons. The predicted molar refractivity (Wildman–Crippen MR) is 102 cm³/mol. The SMILES string of the molecule is CCCCc1ccc(C(=O)N2CCN(C(=O)c3ccc(=O)[nH]n3)CC2)cc1. The van der Waals surface area contributed by atoms with Crippen LogP contribution in [0.15, 0.2) is 41.2 Å². The Morgan fingerprint density at radius 3 is 2.15 bits per heavy atom. The number of nitrogens with one attached hydrogen (secondary N) is 1. The second kappa shape index (κ2) is 8.62. The fourth-order valence-corrected chi connectivity index (χ4v) is 3.12. The van der Waals surface area contributed by atoms with Gasteiger partial charge in [0, 0.05) is 37.8 Å². The second-order valence-corrected chi connectivity index (χ2v) is 6.69. The zero-order valence-corrected chi connectivity index (χ0v) is 15.5. The molecular formula is C20H24N4O3. The van der Waals surface area contributed by atoms with Gasteiger partial charge in [-0.1, -0.05) is 25.5 Å². The first-order valence-electron chi connectivity index (χ1n) is 9.31. The van der Waals surface area contributed by atoms with Crippen LogP contribution < -0.4 is 5.56 Å². The Morgan fingerprint density at radius 1 is 0.963 bits per heavy atom. The van der Waals surface area contributed by atoms with Gasteiger partial charge >= 0.3 is 0 Å². The Labute approximate surface area is 158 Å². The lowest BCUT2D eigenvalue weighted by atomic mass is 10.1. The van der Waals surface area contributed by atoms with Crippen molar-refractivity contribution in [1.82, 2.24) is 20.0 Å². The summed E-state index contributed by atoms with van der Waals surface area (Å²) in [6.07, 6.45) is 3.33. The van der Waals surface area contributed by atoms with E-state index in [-0.39, 0.29) is 23.1 Å². The average molecular weight is 368 g/mol. The van der Waals surface area contributed by atoms with Crippen LogP contribution in [0, 0.1) is 0 Å². The summed E-state index contributed by atoms with van der Waals surface area (Å²) in [5.74, 6) is -0.245. The molecule has 2 aromatic rings. The molecule has 0 unspecified atom stereocenters. The van der Waals surface area contributed by atoms with Gasteiger partial charge in [-0.25, -0.2) is 5.10 Å². The number of hydrogen-bond acceptors (Lipinski definition) is 4. The van der Waals surface area contributed by atoms with E-state index in [4.69, 9.17) is 0 Å². The summed E-state index contributed by atoms with van der Waals surface area (Å²) in [4.78, 5) is 39.6. The van der Waals surface area contributed by atoms with Crippen molar-refractivity contribution in [1.29, 1.82) is 0 Å². The van der Waals surface area contributed by atoms with Gasteiger partial charge in [-0.3, -0.25) is 14.4 Å². The Bertz CT molecular complexity index is 832. The van der Waals surface area contributed by atoms with Crippen molar-refractivity contribution in [3.05, 3.63) is 63.6 Å². The van der Waals surface area contributed by atoms with Crippen molar-refractivity contribution in [3.63, 3.8) is 0 Å². The first kappa shape index (κ1) is 18.8. The molecule has 7 heteroatoms. The van der Waals surface area contributed by atoms with Crippen molar-refractivity contribution in [3.8, 4) is 0 Å². The maximum Gasteiger partial charge on any atom is 0.274 e. The van der Waals surface area contributed by atoms with Gasteiger partial charge in [0.1, 0.15) is 5.69 Å². The number of aromatic nitrogens is 2. The lowest BCUT2D eigenvalue weighted by Crippen LogP contribution is -2.50. The van der Waals surface area contributed by atoms with Gasteiger partial charge < -0.3 is 9.80 Å². The molecule has 1 aromatic heterocycles. The molecule has 0 saturated carbocycles. The van der Waals surface area contributed by atoms with Gasteiger partial charge in [0.25, 0.3) is 17.4 Å². The highest BCUT2D eigenvalue weighted by Gasteiger charge is 2.26. The number of aromatic amines is 1. The highest BCUT2D eigenvalue weighted by Crippen LogP contribution is 2.13. The number of carbonyl (C=O) groups is 2. The summed E-state index contributed by atoms with van der Waals surface area (Å²) in [5, 5.41) is 6.04. The largest absolute Gasteiger partial charge is 0.335 e. The van der Waals surface area contributed by atoms with E-state index in [2.05, 4.69) is 17.1 Å². The smallest absolute Gasteiger partial charge is 0.274 e. The monoisotopic (exact) mass is 368 g/mol. The van der Waals surface area contributed by atoms with Crippen LogP contribution in [0.5, 0.6) is 0 Å². The number of carbonyl (C=O) groups excluding carboxylic acids is 2. The number of nitrogens with zero attached hydrogens (tertiary/aromatic N) is 3. The average Bonchev–Trinajstić information content (AvgIpc) is 2.72. The van der Waals surface area contributed by atoms with Gasteiger partial charge in [0.2, 0.25) is 0 Å². The summed E-state index contributed by atoms with van der Waals surface area (Å²) in [7, 11) is 0. The van der Waals surface area contributed by atoms with Gasteiger partial charge in [-0.15, -0.1) is 0 Å². The Balaban J connectivity index is 1.56. The number of rotatable bonds is 5. The fourth-order valence-electron chi connectivity index (χ4n) is 3.12. The Kier molecular flexibility index (Phi) is 6.01. The number of aryl methyl sites for hydroxylation is 1. The van der Waals surface area contributed by atoms with Gasteiger partial charge in [-0.05, 0) is 36.6 Å². The molecule has 1 aromatic carbocycles. The number of piperazine rings is 1. The van der Waals surface area contributed by atoms with Gasteiger partial charge in [0.05, 0.1) is 0 Å². The molecule has 1 aliphatic rings. The van der Waals surface area contributed by atoms with Crippen molar-refractivity contribution >= 4 is 11.8 Å². The van der Waals surface area contributed by atoms with Gasteiger partial charge in [0.15, 0.2) is 0 Å². The van der Waals surface area contributed by atoms with Crippen molar-refractivity contribution in [2.75, 3.05) is 26.2 Å². The lowest BCUT2D eigenvalue weighted by Gasteiger charge is -2.34. The van der Waals surface area contributed by atoms with Crippen molar-refractivity contribution < 1.29 is 9.59 Å². The van der Waals surface area contributed by atoms with E-state index < -0.39 is 0 Å². The van der Waals surface area contributed by atoms with Gasteiger partial charge in [-0.2, -0.15) is 5.10 Å². The maximum absolute atomic E-state index is 12.7. The maximum atomic E-state index is 12.7. The molecule has 1 fully saturated rings. The summed E-state index contributed by atoms with van der Waals surface area (Å²) in [5.41, 5.74) is 1.79. The summed E-state index contributed by atoms with van der Waals surface area (Å²) >= 11 is 0. The normalized spacial score (nSPS) is 14.3. The number of hydrogen-bond donors (Lipinski definition) is 1. The molecular weight excluding hydrogens is 344 g/mol. The van der Waals surface area contributed by atoms with E-state index in [1.807, 2.05) is 24.3 Å². The molecule has 1 saturated heterocycles. The van der Waals surface area contributed by atoms with E-state index in [0.29, 0.717) is 31.7 Å². The number of amides is 2. The first-order valence-corrected chi connectivity index (χ1v) is 9.31. The Morgan fingerprint density at radius 2 is 1.59 bits per heavy atom. The molecule has 1 aliphatic heterocycles. The van der Waals surface area contributed by atoms with E-state index in [1.54, 1.807) is 9.80 Å². The van der Waals surface area contributed by atoms with Crippen molar-refractivity contribution in [2.45, 2.75) is 26.2 Å². The van der Waals surface area contributed by atoms with Crippen LogP contribution in [0.2, 0.25) is 0 Å². The zero-order chi connectivity index (χ0) is 19.2. The third kappa shape index (κ3) is 4.61. The molecule has 142 valence electrons. The van der Waals surface area contributed by atoms with E-state index in [0.717, 1.165) is 19.3 Å². The third-order valence-corrected chi connectivity index (χ3v) is 4.77. The predicted octanol–water partition coefficient (Wildman–Crippen LogP) is 1.71. The highest BCUT2D eigenvalue weighted by atomic mass is 16.2. The van der Waals surface area contributed by atoms with Crippen LogP contribution in [-0.2, 0) is 6.42 Å². The van der Waals surface area contributed by atoms with Crippen LogP contribution in [-0.4, -0.2) is 58.0 Å². The molecule has 0 aliphatic carbocycles. The minimum atomic E-state index is -0.345.